The lowest BCUT2D eigenvalue weighted by molar-refractivity contribution is -0.123. The highest BCUT2D eigenvalue weighted by Crippen LogP contribution is 2.23. The summed E-state index contributed by atoms with van der Waals surface area (Å²) in [6.45, 7) is 1.76. The maximum Gasteiger partial charge on any atom is 0.415 e. The van der Waals surface area contributed by atoms with Crippen molar-refractivity contribution in [3.63, 3.8) is 0 Å². The molecule has 0 aliphatic carbocycles. The number of nitrogens with one attached hydrogen (secondary N) is 2. The van der Waals surface area contributed by atoms with Crippen molar-refractivity contribution in [1.82, 2.24) is 5.32 Å². The third-order valence-electron chi connectivity index (χ3n) is 2.51. The quantitative estimate of drug-likeness (QED) is 0.845. The third-order valence-corrected chi connectivity index (χ3v) is 2.51. The number of cyclic esters (lactones) is 1. The van der Waals surface area contributed by atoms with Crippen molar-refractivity contribution < 1.29 is 19.1 Å². The van der Waals surface area contributed by atoms with Crippen LogP contribution in [0.4, 0.5) is 10.5 Å². The number of benzene rings is 1. The van der Waals surface area contributed by atoms with Crippen molar-refractivity contribution in [3.8, 4) is 0 Å². The minimum atomic E-state index is -0.909. The van der Waals surface area contributed by atoms with E-state index in [9.17, 15) is 14.4 Å². The summed E-state index contributed by atoms with van der Waals surface area (Å²) >= 11 is 0. The summed E-state index contributed by atoms with van der Waals surface area (Å²) in [4.78, 5) is 33.4. The Morgan fingerprint density at radius 3 is 2.50 bits per heavy atom. The van der Waals surface area contributed by atoms with Crippen molar-refractivity contribution in [2.45, 2.75) is 19.4 Å². The van der Waals surface area contributed by atoms with Gasteiger partial charge in [-0.2, -0.15) is 0 Å². The fourth-order valence-corrected chi connectivity index (χ4v) is 1.57. The molecule has 18 heavy (non-hydrogen) atoms. The van der Waals surface area contributed by atoms with Gasteiger partial charge < -0.3 is 10.1 Å². The zero-order chi connectivity index (χ0) is 13.1. The van der Waals surface area contributed by atoms with Crippen LogP contribution in [0.5, 0.6) is 0 Å². The van der Waals surface area contributed by atoms with Gasteiger partial charge in [-0.15, -0.1) is 0 Å². The number of imide groups is 1. The first-order chi connectivity index (χ1) is 8.60. The molecule has 1 heterocycles. The Hall–Kier alpha value is -2.37. The molecule has 1 aromatic carbocycles. The fourth-order valence-electron chi connectivity index (χ4n) is 1.57. The molecule has 3 amide bonds. The molecule has 6 nitrogen and oxygen atoms in total. The second-order valence-corrected chi connectivity index (χ2v) is 3.80. The van der Waals surface area contributed by atoms with E-state index in [1.165, 1.54) is 0 Å². The van der Waals surface area contributed by atoms with Gasteiger partial charge in [0.25, 0.3) is 5.91 Å². The van der Waals surface area contributed by atoms with Crippen molar-refractivity contribution in [2.24, 2.45) is 0 Å². The molecule has 1 saturated heterocycles. The summed E-state index contributed by atoms with van der Waals surface area (Å²) in [5.41, 5.74) is 1.20. The highest BCUT2D eigenvalue weighted by Gasteiger charge is 2.33. The summed E-state index contributed by atoms with van der Waals surface area (Å²) in [5, 5.41) is 4.73. The Morgan fingerprint density at radius 1 is 1.33 bits per heavy atom. The first kappa shape index (κ1) is 12.1. The van der Waals surface area contributed by atoms with Gasteiger partial charge in [0.2, 0.25) is 12.0 Å². The van der Waals surface area contributed by atoms with E-state index in [4.69, 9.17) is 4.74 Å². The molecule has 1 aliphatic rings. The normalized spacial score (nSPS) is 18.2. The van der Waals surface area contributed by atoms with Crippen LogP contribution in [-0.2, 0) is 14.3 Å². The fraction of sp³-hybridized carbons (Fsp3) is 0.250. The van der Waals surface area contributed by atoms with Crippen LogP contribution in [-0.4, -0.2) is 17.9 Å². The average Bonchev–Trinajstić information content (AvgIpc) is 2.69. The van der Waals surface area contributed by atoms with Crippen molar-refractivity contribution in [1.29, 1.82) is 0 Å². The predicted octanol–water partition coefficient (Wildman–Crippen LogP) is 1.34. The van der Waals surface area contributed by atoms with E-state index in [-0.39, 0.29) is 5.91 Å². The maximum atomic E-state index is 11.4. The largest absolute Gasteiger partial charge is 0.431 e. The lowest BCUT2D eigenvalue weighted by atomic mass is 10.1. The molecule has 0 saturated carbocycles. The highest BCUT2D eigenvalue weighted by atomic mass is 16.6. The minimum absolute atomic E-state index is 0.0900. The zero-order valence-electron chi connectivity index (χ0n) is 9.73. The molecule has 0 bridgehead atoms. The summed E-state index contributed by atoms with van der Waals surface area (Å²) in [6, 6.07) is 6.58. The van der Waals surface area contributed by atoms with Gasteiger partial charge in [-0.3, -0.25) is 14.9 Å². The molecule has 1 atom stereocenters. The molecule has 1 fully saturated rings. The van der Waals surface area contributed by atoms with Crippen LogP contribution in [0.2, 0.25) is 0 Å². The summed E-state index contributed by atoms with van der Waals surface area (Å²) in [7, 11) is 0. The second-order valence-electron chi connectivity index (χ2n) is 3.80. The first-order valence-electron chi connectivity index (χ1n) is 5.51. The van der Waals surface area contributed by atoms with Crippen molar-refractivity contribution in [2.75, 3.05) is 5.32 Å². The van der Waals surface area contributed by atoms with Gasteiger partial charge in [0.1, 0.15) is 0 Å². The van der Waals surface area contributed by atoms with Crippen LogP contribution in [0, 0.1) is 0 Å². The molecule has 0 spiro atoms. The van der Waals surface area contributed by atoms with Crippen molar-refractivity contribution in [3.05, 3.63) is 29.8 Å². The Balaban J connectivity index is 2.10. The van der Waals surface area contributed by atoms with Crippen LogP contribution in [0.3, 0.4) is 0 Å². The minimum Gasteiger partial charge on any atom is -0.431 e. The molecular weight excluding hydrogens is 236 g/mol. The highest BCUT2D eigenvalue weighted by molar-refractivity contribution is 6.00. The van der Waals surface area contributed by atoms with E-state index in [0.29, 0.717) is 17.7 Å². The van der Waals surface area contributed by atoms with E-state index in [1.807, 2.05) is 0 Å². The molecule has 1 aromatic rings. The Morgan fingerprint density at radius 2 is 2.00 bits per heavy atom. The van der Waals surface area contributed by atoms with E-state index >= 15 is 0 Å². The predicted molar refractivity (Wildman–Crippen MR) is 62.7 cm³/mol. The number of hydrogen-bond acceptors (Lipinski definition) is 4. The van der Waals surface area contributed by atoms with Crippen molar-refractivity contribution >= 4 is 23.6 Å². The maximum absolute atomic E-state index is 11.4. The number of carbonyl (C=O) groups excluding carboxylic acids is 3. The summed E-state index contributed by atoms with van der Waals surface area (Å²) in [6.07, 6.45) is -1.26. The molecule has 1 unspecified atom stereocenters. The van der Waals surface area contributed by atoms with Gasteiger partial charge in [0, 0.05) is 17.7 Å². The molecule has 6 heteroatoms. The van der Waals surface area contributed by atoms with Gasteiger partial charge in [-0.05, 0) is 12.1 Å². The summed E-state index contributed by atoms with van der Waals surface area (Å²) < 4.78 is 4.81. The second kappa shape index (κ2) is 4.87. The van der Waals surface area contributed by atoms with Gasteiger partial charge in [-0.1, -0.05) is 19.1 Å². The lowest BCUT2D eigenvalue weighted by Crippen LogP contribution is -2.20. The summed E-state index contributed by atoms with van der Waals surface area (Å²) in [5.74, 6) is -0.571. The van der Waals surface area contributed by atoms with Crippen LogP contribution in [0.25, 0.3) is 0 Å². The number of hydrogen-bond donors (Lipinski definition) is 2. The van der Waals surface area contributed by atoms with Gasteiger partial charge >= 0.3 is 6.09 Å². The Labute approximate surface area is 103 Å². The molecule has 0 radical (unpaired) electrons. The van der Waals surface area contributed by atoms with E-state index in [2.05, 4.69) is 10.6 Å². The van der Waals surface area contributed by atoms with E-state index in [1.54, 1.807) is 31.2 Å². The molecular formula is C12H12N2O4. The first-order valence-corrected chi connectivity index (χ1v) is 5.51. The number of ether oxygens (including phenoxy) is 1. The number of amides is 3. The molecule has 2 rings (SSSR count). The third kappa shape index (κ3) is 2.48. The van der Waals surface area contributed by atoms with Crippen LogP contribution >= 0.6 is 0 Å². The van der Waals surface area contributed by atoms with Gasteiger partial charge in [0.05, 0.1) is 0 Å². The molecule has 0 aromatic heterocycles. The lowest BCUT2D eigenvalue weighted by Gasteiger charge is -2.08. The van der Waals surface area contributed by atoms with E-state index < -0.39 is 18.1 Å². The Kier molecular flexibility index (Phi) is 3.27. The molecule has 94 valence electrons. The SMILES string of the molecule is CCC(=O)Nc1ccc(C2OC(=O)NC2=O)cc1. The monoisotopic (exact) mass is 248 g/mol. The number of carbonyl (C=O) groups is 3. The zero-order valence-corrected chi connectivity index (χ0v) is 9.73. The number of alkyl carbamates (subject to hydrolysis) is 1. The molecule has 1 aliphatic heterocycles. The Bertz CT molecular complexity index is 495. The van der Waals surface area contributed by atoms with Gasteiger partial charge in [-0.25, -0.2) is 4.79 Å². The standard InChI is InChI=1S/C12H12N2O4/c1-2-9(15)13-8-5-3-7(4-6-8)10-11(16)14-12(17)18-10/h3-6,10H,2H2,1H3,(H,13,15)(H,14,16,17). The van der Waals surface area contributed by atoms with Crippen LogP contribution < -0.4 is 10.6 Å². The van der Waals surface area contributed by atoms with Crippen LogP contribution in [0.1, 0.15) is 25.0 Å². The number of anilines is 1. The number of rotatable bonds is 3. The van der Waals surface area contributed by atoms with Gasteiger partial charge in [0.15, 0.2) is 0 Å². The van der Waals surface area contributed by atoms with Crippen LogP contribution in [0.15, 0.2) is 24.3 Å². The smallest absolute Gasteiger partial charge is 0.415 e. The van der Waals surface area contributed by atoms with E-state index in [0.717, 1.165) is 0 Å². The molecule has 2 N–H and O–H groups in total. The average molecular weight is 248 g/mol. The topological polar surface area (TPSA) is 84.5 Å².